The molecule has 4 rings (SSSR count). The van der Waals surface area contributed by atoms with E-state index in [1.165, 1.54) is 0 Å². The summed E-state index contributed by atoms with van der Waals surface area (Å²) in [5, 5.41) is 59.2. The predicted octanol–water partition coefficient (Wildman–Crippen LogP) is -0.140. The van der Waals surface area contributed by atoms with Gasteiger partial charge in [-0.05, 0) is 72.8 Å². The lowest BCUT2D eigenvalue weighted by Crippen LogP contribution is -2.50. The molecule has 1 heterocycles. The summed E-state index contributed by atoms with van der Waals surface area (Å²) in [6.45, 7) is -7.00. The zero-order chi connectivity index (χ0) is 37.9. The fourth-order valence-electron chi connectivity index (χ4n) is 4.69. The van der Waals surface area contributed by atoms with Crippen LogP contribution in [0, 0.1) is 15.6 Å². The van der Waals surface area contributed by atoms with E-state index in [-0.39, 0.29) is 17.1 Å². The van der Waals surface area contributed by atoms with Crippen molar-refractivity contribution in [1.29, 1.82) is 0 Å². The summed E-state index contributed by atoms with van der Waals surface area (Å²) < 4.78 is 82.9. The number of sulfonamides is 3. The number of benzene rings is 3. The van der Waals surface area contributed by atoms with Gasteiger partial charge in [0.1, 0.15) is 0 Å². The van der Waals surface area contributed by atoms with E-state index < -0.39 is 117 Å². The third-order valence-electron chi connectivity index (χ3n) is 7.20. The van der Waals surface area contributed by atoms with E-state index in [1.807, 2.05) is 0 Å². The van der Waals surface area contributed by atoms with Gasteiger partial charge in [-0.3, -0.25) is 30.0 Å². The minimum absolute atomic E-state index is 0.331. The van der Waals surface area contributed by atoms with Crippen molar-refractivity contribution >= 4 is 64.5 Å². The molecule has 24 heteroatoms. The smallest absolute Gasteiger partial charge is 0.243 e. The maximum absolute atomic E-state index is 13.7. The van der Waals surface area contributed by atoms with E-state index in [0.717, 1.165) is 72.8 Å². The van der Waals surface area contributed by atoms with Crippen LogP contribution in [-0.4, -0.2) is 110 Å². The zero-order valence-corrected chi connectivity index (χ0v) is 28.3. The first-order chi connectivity index (χ1) is 23.7. The molecule has 51 heavy (non-hydrogen) atoms. The number of ketones is 3. The Balaban J connectivity index is 1.79. The number of carbonyl (C=O) groups excluding carboxylic acids is 3. The largest absolute Gasteiger partial charge is 0.733 e. The number of anilines is 3. The zero-order valence-electron chi connectivity index (χ0n) is 25.8. The molecule has 21 nitrogen and oxygen atoms in total. The average Bonchev–Trinajstić information content (AvgIpc) is 3.06. The molecule has 0 radical (unpaired) electrons. The monoisotopic (exact) mass is 771 g/mol. The maximum atomic E-state index is 13.7. The molecule has 0 amide bonds. The molecular weight excluding hydrogens is 745 g/mol. The lowest BCUT2D eigenvalue weighted by molar-refractivity contribution is -0.123. The summed E-state index contributed by atoms with van der Waals surface area (Å²) in [4.78, 5) is 38.2. The van der Waals surface area contributed by atoms with Crippen molar-refractivity contribution in [3.05, 3.63) is 88.4 Å². The van der Waals surface area contributed by atoms with Crippen molar-refractivity contribution in [2.24, 2.45) is 0 Å². The Morgan fingerprint density at radius 3 is 0.745 bits per heavy atom. The van der Waals surface area contributed by atoms with Crippen LogP contribution in [0.5, 0.6) is 0 Å². The quantitative estimate of drug-likeness (QED) is 0.238. The normalized spacial score (nSPS) is 16.7. The third kappa shape index (κ3) is 9.08. The number of nitrogens with zero attached hydrogens (tertiary/aromatic N) is 6. The predicted molar refractivity (Wildman–Crippen MR) is 174 cm³/mol. The fourth-order valence-corrected chi connectivity index (χ4v) is 8.91. The van der Waals surface area contributed by atoms with E-state index in [0.29, 0.717) is 12.9 Å². The van der Waals surface area contributed by atoms with Crippen LogP contribution < -0.4 is 15.7 Å². The topological polar surface area (TPSA) is 303 Å². The van der Waals surface area contributed by atoms with Crippen LogP contribution in [0.4, 0.5) is 17.1 Å². The molecule has 3 aromatic carbocycles. The molecule has 0 aliphatic carbocycles. The Kier molecular flexibility index (Phi) is 11.9. The van der Waals surface area contributed by atoms with E-state index >= 15 is 0 Å². The van der Waals surface area contributed by atoms with Gasteiger partial charge in [0.25, 0.3) is 0 Å². The molecule has 0 saturated carbocycles. The lowest BCUT2D eigenvalue weighted by atomic mass is 10.3. The van der Waals surface area contributed by atoms with Gasteiger partial charge in [-0.25, -0.2) is 25.3 Å². The number of rotatable bonds is 9. The second kappa shape index (κ2) is 15.4. The van der Waals surface area contributed by atoms with Gasteiger partial charge in [-0.1, -0.05) is 0 Å². The molecule has 0 atom stereocenters. The van der Waals surface area contributed by atoms with Crippen LogP contribution in [0.2, 0.25) is 0 Å². The molecule has 3 N–H and O–H groups in total. The fraction of sp³-hybridized carbons (Fsp3) is 0.222. The van der Waals surface area contributed by atoms with Gasteiger partial charge in [-0.15, -0.1) is 0 Å². The molecule has 0 bridgehead atoms. The number of hydrogen-bond donors (Lipinski definition) is 3. The molecule has 1 aliphatic rings. The Morgan fingerprint density at radius 2 is 0.588 bits per heavy atom. The van der Waals surface area contributed by atoms with Crippen LogP contribution in [0.1, 0.15) is 0 Å². The van der Waals surface area contributed by atoms with Crippen molar-refractivity contribution in [3.8, 4) is 0 Å². The van der Waals surface area contributed by atoms with Crippen LogP contribution >= 0.6 is 0 Å². The van der Waals surface area contributed by atoms with Crippen molar-refractivity contribution in [1.82, 2.24) is 12.9 Å². The van der Waals surface area contributed by atoms with E-state index in [2.05, 4.69) is 0 Å². The summed E-state index contributed by atoms with van der Waals surface area (Å²) in [6, 6.07) is 10.6. The van der Waals surface area contributed by atoms with Crippen molar-refractivity contribution in [2.45, 2.75) is 14.7 Å². The summed E-state index contributed by atoms with van der Waals surface area (Å²) in [5.41, 5.74) is -1.15. The number of hydrogen-bond acceptors (Lipinski definition) is 18. The number of Topliss-reactive ketones (excluding diaryl/α,β-unsaturated/α-hetero) is 3. The molecule has 3 aromatic rings. The number of carbonyl (C=O) groups is 3. The maximum Gasteiger partial charge on any atom is 0.243 e. The highest BCUT2D eigenvalue weighted by molar-refractivity contribution is 7.89. The second-order valence-corrected chi connectivity index (χ2v) is 16.5. The lowest BCUT2D eigenvalue weighted by Gasteiger charge is -2.28. The third-order valence-corrected chi connectivity index (χ3v) is 12.6. The molecule has 1 saturated heterocycles. The summed E-state index contributed by atoms with van der Waals surface area (Å²) >= 11 is 0. The highest BCUT2D eigenvalue weighted by Crippen LogP contribution is 2.24. The average molecular weight is 772 g/mol. The SMILES string of the molecule is O=C1CN(S(=O)(=O)c2ccc(N([O-])O)cc2)CC(=O)CN(S(=O)(=O)c2ccc(N([O-])O)cc2)CC(=O)CN(S(=O)(=O)c2ccc(N([O-])O)cc2)C1. The molecule has 0 aromatic heterocycles. The van der Waals surface area contributed by atoms with E-state index in [1.54, 1.807) is 0 Å². The van der Waals surface area contributed by atoms with Gasteiger partial charge in [-0.2, -0.15) is 12.9 Å². The van der Waals surface area contributed by atoms with E-state index in [9.17, 15) is 55.3 Å². The summed E-state index contributed by atoms with van der Waals surface area (Å²) in [6.07, 6.45) is 0. The molecule has 0 unspecified atom stereocenters. The summed E-state index contributed by atoms with van der Waals surface area (Å²) in [7, 11) is -14.5. The van der Waals surface area contributed by atoms with Crippen molar-refractivity contribution in [2.75, 3.05) is 54.9 Å². The van der Waals surface area contributed by atoms with Crippen LogP contribution in [-0.2, 0) is 44.5 Å². The van der Waals surface area contributed by atoms with Gasteiger partial charge in [0, 0.05) is 0 Å². The molecule has 1 fully saturated rings. The summed E-state index contributed by atoms with van der Waals surface area (Å²) in [5.74, 6) is -3.42. The Hall–Kier alpha value is -4.44. The van der Waals surface area contributed by atoms with Gasteiger partial charge in [0.2, 0.25) is 30.1 Å². The Labute approximate surface area is 290 Å². The van der Waals surface area contributed by atoms with Gasteiger partial charge in [0.05, 0.1) is 71.0 Å². The van der Waals surface area contributed by atoms with Crippen LogP contribution in [0.3, 0.4) is 0 Å². The first-order valence-electron chi connectivity index (χ1n) is 14.1. The minimum atomic E-state index is -4.84. The highest BCUT2D eigenvalue weighted by atomic mass is 32.2. The van der Waals surface area contributed by atoms with E-state index in [4.69, 9.17) is 15.6 Å². The minimum Gasteiger partial charge on any atom is -0.733 e. The van der Waals surface area contributed by atoms with Crippen LogP contribution in [0.25, 0.3) is 0 Å². The first kappa shape index (κ1) is 39.3. The second-order valence-electron chi connectivity index (χ2n) is 10.7. The molecule has 276 valence electrons. The van der Waals surface area contributed by atoms with Gasteiger partial charge >= 0.3 is 0 Å². The van der Waals surface area contributed by atoms with Crippen LogP contribution in [0.15, 0.2) is 87.5 Å². The molecule has 1 aliphatic heterocycles. The standard InChI is InChI=1S/C27H27N6O15S3/c34-22-13-28(49(43,44)25-7-1-19(2-8-25)31(37)38)14-23(35)16-30(51(47,48)27-11-5-21(6-12-27)33(41)42)18-24(36)17-29(15-22)50(45,46)26-9-3-20(4-10-26)32(39)40/h1-12,37,39,41H,13-18H2/q-3. The van der Waals surface area contributed by atoms with Crippen molar-refractivity contribution in [3.63, 3.8) is 0 Å². The Bertz CT molecular complexity index is 1830. The molecular formula is C27H27N6O15S3-3. The molecule has 0 spiro atoms. The Morgan fingerprint density at radius 1 is 0.412 bits per heavy atom. The highest BCUT2D eigenvalue weighted by Gasteiger charge is 2.37. The van der Waals surface area contributed by atoms with Gasteiger partial charge in [0.15, 0.2) is 17.3 Å². The van der Waals surface area contributed by atoms with Gasteiger partial charge < -0.3 is 31.3 Å². The first-order valence-corrected chi connectivity index (χ1v) is 18.4. The van der Waals surface area contributed by atoms with Crippen molar-refractivity contribution < 1.29 is 55.3 Å².